The standard InChI is InChI=1S/C13H19NO4/c1-3-14-11(13(16)17-2)9-18-12-7-5-4-6-10(12)8-15/h4-7,11,14-15H,3,8-9H2,1-2H3. The molecule has 2 N–H and O–H groups in total. The number of likely N-dealkylation sites (N-methyl/N-ethyl adjacent to an activating group) is 1. The van der Waals surface area contributed by atoms with Crippen molar-refractivity contribution < 1.29 is 19.4 Å². The number of esters is 1. The summed E-state index contributed by atoms with van der Waals surface area (Å²) in [4.78, 5) is 11.5. The zero-order chi connectivity index (χ0) is 13.4. The summed E-state index contributed by atoms with van der Waals surface area (Å²) in [5.41, 5.74) is 0.692. The summed E-state index contributed by atoms with van der Waals surface area (Å²) in [7, 11) is 1.34. The quantitative estimate of drug-likeness (QED) is 0.700. The minimum Gasteiger partial charge on any atom is -0.491 e. The number of para-hydroxylation sites is 1. The molecule has 0 saturated heterocycles. The van der Waals surface area contributed by atoms with Gasteiger partial charge >= 0.3 is 5.97 Å². The number of ether oxygens (including phenoxy) is 2. The third-order valence-electron chi connectivity index (χ3n) is 2.48. The first kappa shape index (κ1) is 14.5. The lowest BCUT2D eigenvalue weighted by Crippen LogP contribution is -2.42. The minimum absolute atomic E-state index is 0.0970. The Morgan fingerprint density at radius 1 is 1.44 bits per heavy atom. The van der Waals surface area contributed by atoms with E-state index in [4.69, 9.17) is 9.84 Å². The van der Waals surface area contributed by atoms with E-state index in [0.29, 0.717) is 17.9 Å². The number of nitrogens with one attached hydrogen (secondary N) is 1. The van der Waals surface area contributed by atoms with E-state index in [1.54, 1.807) is 12.1 Å². The Hall–Kier alpha value is -1.59. The second kappa shape index (κ2) is 7.68. The van der Waals surface area contributed by atoms with E-state index in [9.17, 15) is 4.79 Å². The maximum absolute atomic E-state index is 11.5. The van der Waals surface area contributed by atoms with Crippen LogP contribution in [0.3, 0.4) is 0 Å². The summed E-state index contributed by atoms with van der Waals surface area (Å²) in [5, 5.41) is 12.1. The van der Waals surface area contributed by atoms with Gasteiger partial charge in [0.25, 0.3) is 0 Å². The van der Waals surface area contributed by atoms with Crippen molar-refractivity contribution in [2.24, 2.45) is 0 Å². The van der Waals surface area contributed by atoms with E-state index in [0.717, 1.165) is 0 Å². The average molecular weight is 253 g/mol. The number of aliphatic hydroxyl groups is 1. The lowest BCUT2D eigenvalue weighted by molar-refractivity contribution is -0.143. The van der Waals surface area contributed by atoms with Gasteiger partial charge in [-0.05, 0) is 12.6 Å². The Bertz CT molecular complexity index is 381. The predicted molar refractivity (Wildman–Crippen MR) is 67.3 cm³/mol. The zero-order valence-corrected chi connectivity index (χ0v) is 10.7. The van der Waals surface area contributed by atoms with Gasteiger partial charge in [0, 0.05) is 5.56 Å². The molecule has 0 fully saturated rings. The summed E-state index contributed by atoms with van der Waals surface area (Å²) < 4.78 is 10.2. The van der Waals surface area contributed by atoms with E-state index >= 15 is 0 Å². The Labute approximate surface area is 107 Å². The molecule has 0 bridgehead atoms. The van der Waals surface area contributed by atoms with E-state index in [2.05, 4.69) is 10.1 Å². The summed E-state index contributed by atoms with van der Waals surface area (Å²) in [6.07, 6.45) is 0. The largest absolute Gasteiger partial charge is 0.491 e. The molecule has 1 aromatic carbocycles. The van der Waals surface area contributed by atoms with E-state index in [1.807, 2.05) is 19.1 Å². The van der Waals surface area contributed by atoms with Gasteiger partial charge in [-0.2, -0.15) is 0 Å². The molecule has 0 aliphatic heterocycles. The molecule has 18 heavy (non-hydrogen) atoms. The van der Waals surface area contributed by atoms with Crippen LogP contribution in [0.15, 0.2) is 24.3 Å². The molecule has 1 unspecified atom stereocenters. The number of benzene rings is 1. The van der Waals surface area contributed by atoms with Crippen LogP contribution in [0.2, 0.25) is 0 Å². The first-order valence-electron chi connectivity index (χ1n) is 5.85. The first-order chi connectivity index (χ1) is 8.72. The van der Waals surface area contributed by atoms with Crippen LogP contribution in [0.5, 0.6) is 5.75 Å². The molecule has 1 rings (SSSR count). The lowest BCUT2D eigenvalue weighted by Gasteiger charge is -2.17. The molecule has 0 radical (unpaired) electrons. The molecule has 100 valence electrons. The highest BCUT2D eigenvalue weighted by atomic mass is 16.5. The Morgan fingerprint density at radius 3 is 2.78 bits per heavy atom. The Kier molecular flexibility index (Phi) is 6.18. The van der Waals surface area contributed by atoms with Crippen LogP contribution in [-0.4, -0.2) is 37.4 Å². The SMILES string of the molecule is CCNC(COc1ccccc1CO)C(=O)OC. The van der Waals surface area contributed by atoms with Gasteiger partial charge in [0.15, 0.2) is 0 Å². The minimum atomic E-state index is -0.508. The molecule has 1 atom stereocenters. The molecule has 0 aliphatic rings. The summed E-state index contributed by atoms with van der Waals surface area (Å²) in [5.74, 6) is 0.213. The monoisotopic (exact) mass is 253 g/mol. The van der Waals surface area contributed by atoms with Gasteiger partial charge in [-0.1, -0.05) is 25.1 Å². The Balaban J connectivity index is 2.63. The number of hydrogen-bond acceptors (Lipinski definition) is 5. The molecule has 0 saturated carbocycles. The molecule has 0 amide bonds. The zero-order valence-electron chi connectivity index (χ0n) is 10.7. The van der Waals surface area contributed by atoms with Gasteiger partial charge in [0.2, 0.25) is 0 Å². The van der Waals surface area contributed by atoms with Crippen molar-refractivity contribution >= 4 is 5.97 Å². The molecule has 5 nitrogen and oxygen atoms in total. The summed E-state index contributed by atoms with van der Waals surface area (Å²) in [6, 6.07) is 6.66. The average Bonchev–Trinajstić information content (AvgIpc) is 2.42. The van der Waals surface area contributed by atoms with E-state index in [1.165, 1.54) is 7.11 Å². The number of aliphatic hydroxyl groups excluding tert-OH is 1. The molecular formula is C13H19NO4. The Morgan fingerprint density at radius 2 is 2.17 bits per heavy atom. The normalized spacial score (nSPS) is 11.9. The van der Waals surface area contributed by atoms with Gasteiger partial charge < -0.3 is 19.9 Å². The number of carbonyl (C=O) groups is 1. The first-order valence-corrected chi connectivity index (χ1v) is 5.85. The van der Waals surface area contributed by atoms with Crippen LogP contribution in [0.4, 0.5) is 0 Å². The van der Waals surface area contributed by atoms with E-state index in [-0.39, 0.29) is 19.2 Å². The summed E-state index contributed by atoms with van der Waals surface area (Å²) in [6.45, 7) is 2.61. The van der Waals surface area contributed by atoms with Crippen molar-refractivity contribution in [1.29, 1.82) is 0 Å². The molecule has 0 aliphatic carbocycles. The number of rotatable bonds is 7. The second-order valence-electron chi connectivity index (χ2n) is 3.71. The molecular weight excluding hydrogens is 234 g/mol. The van der Waals surface area contributed by atoms with Crippen LogP contribution >= 0.6 is 0 Å². The van der Waals surface area contributed by atoms with Gasteiger partial charge in [0.1, 0.15) is 18.4 Å². The van der Waals surface area contributed by atoms with Gasteiger partial charge in [0.05, 0.1) is 13.7 Å². The van der Waals surface area contributed by atoms with Crippen molar-refractivity contribution in [1.82, 2.24) is 5.32 Å². The van der Waals surface area contributed by atoms with Crippen LogP contribution in [0.1, 0.15) is 12.5 Å². The third kappa shape index (κ3) is 4.01. The van der Waals surface area contributed by atoms with Gasteiger partial charge in [-0.3, -0.25) is 4.79 Å². The second-order valence-corrected chi connectivity index (χ2v) is 3.71. The van der Waals surface area contributed by atoms with Crippen LogP contribution in [-0.2, 0) is 16.1 Å². The maximum atomic E-state index is 11.5. The maximum Gasteiger partial charge on any atom is 0.326 e. The molecule has 0 heterocycles. The molecule has 0 spiro atoms. The molecule has 1 aromatic rings. The highest BCUT2D eigenvalue weighted by Crippen LogP contribution is 2.17. The van der Waals surface area contributed by atoms with Crippen molar-refractivity contribution in [2.75, 3.05) is 20.3 Å². The van der Waals surface area contributed by atoms with Gasteiger partial charge in [-0.25, -0.2) is 0 Å². The van der Waals surface area contributed by atoms with E-state index < -0.39 is 6.04 Å². The fraction of sp³-hybridized carbons (Fsp3) is 0.462. The highest BCUT2D eigenvalue weighted by molar-refractivity contribution is 5.75. The molecule has 0 aromatic heterocycles. The van der Waals surface area contributed by atoms with Crippen molar-refractivity contribution in [2.45, 2.75) is 19.6 Å². The van der Waals surface area contributed by atoms with Crippen LogP contribution in [0.25, 0.3) is 0 Å². The number of hydrogen-bond donors (Lipinski definition) is 2. The fourth-order valence-corrected chi connectivity index (χ4v) is 1.55. The number of carbonyl (C=O) groups excluding carboxylic acids is 1. The van der Waals surface area contributed by atoms with Crippen LogP contribution in [0, 0.1) is 0 Å². The van der Waals surface area contributed by atoms with Crippen LogP contribution < -0.4 is 10.1 Å². The van der Waals surface area contributed by atoms with Gasteiger partial charge in [-0.15, -0.1) is 0 Å². The molecule has 5 heteroatoms. The number of methoxy groups -OCH3 is 1. The van der Waals surface area contributed by atoms with Crippen molar-refractivity contribution in [3.63, 3.8) is 0 Å². The lowest BCUT2D eigenvalue weighted by atomic mass is 10.2. The highest BCUT2D eigenvalue weighted by Gasteiger charge is 2.19. The smallest absolute Gasteiger partial charge is 0.326 e. The predicted octanol–water partition coefficient (Wildman–Crippen LogP) is 0.709. The topological polar surface area (TPSA) is 67.8 Å². The summed E-state index contributed by atoms with van der Waals surface area (Å²) >= 11 is 0. The third-order valence-corrected chi connectivity index (χ3v) is 2.48. The van der Waals surface area contributed by atoms with Crippen molar-refractivity contribution in [3.8, 4) is 5.75 Å². The fourth-order valence-electron chi connectivity index (χ4n) is 1.55. The van der Waals surface area contributed by atoms with Crippen molar-refractivity contribution in [3.05, 3.63) is 29.8 Å².